The van der Waals surface area contributed by atoms with Crippen molar-refractivity contribution < 1.29 is 28.2 Å². The minimum Gasteiger partial charge on any atom is -0.490 e. The van der Waals surface area contributed by atoms with Crippen LogP contribution in [0.4, 0.5) is 13.6 Å². The van der Waals surface area contributed by atoms with Gasteiger partial charge in [0.25, 0.3) is 6.43 Å². The lowest BCUT2D eigenvalue weighted by Crippen LogP contribution is -2.47. The highest BCUT2D eigenvalue weighted by molar-refractivity contribution is 7.10. The molecule has 29 heavy (non-hydrogen) atoms. The lowest BCUT2D eigenvalue weighted by molar-refractivity contribution is -0.0409. The minimum absolute atomic E-state index is 0.00736. The van der Waals surface area contributed by atoms with Gasteiger partial charge in [0, 0.05) is 18.1 Å². The number of carboxylic acid groups (broad SMARTS) is 1. The second-order valence-corrected chi connectivity index (χ2v) is 7.56. The number of fused-ring (bicyclic) bond motifs is 1. The molecule has 0 radical (unpaired) electrons. The molecule has 1 amide bonds. The maximum absolute atomic E-state index is 13.0. The molecule has 3 aromatic rings. The Balaban J connectivity index is 1.60. The number of amides is 1. The van der Waals surface area contributed by atoms with Crippen LogP contribution in [0.5, 0.6) is 5.75 Å². The van der Waals surface area contributed by atoms with Gasteiger partial charge in [-0.15, -0.1) is 11.3 Å². The van der Waals surface area contributed by atoms with Gasteiger partial charge >= 0.3 is 6.09 Å². The van der Waals surface area contributed by atoms with Crippen molar-refractivity contribution in [1.29, 1.82) is 0 Å². The SMILES string of the molecule is O=C(O)N1CCO[C@H](COc2cc(-c3csc(C(F)F)c3)cc3ncccc23)C1. The van der Waals surface area contributed by atoms with Crippen molar-refractivity contribution in [3.05, 3.63) is 46.8 Å². The number of ether oxygens (including phenoxy) is 2. The molecular formula is C20H18F2N2O4S. The van der Waals surface area contributed by atoms with Crippen LogP contribution in [0.1, 0.15) is 11.3 Å². The molecular weight excluding hydrogens is 402 g/mol. The highest BCUT2D eigenvalue weighted by Crippen LogP contribution is 2.36. The summed E-state index contributed by atoms with van der Waals surface area (Å²) in [6.45, 7) is 1.05. The summed E-state index contributed by atoms with van der Waals surface area (Å²) < 4.78 is 37.5. The number of morpholine rings is 1. The van der Waals surface area contributed by atoms with Gasteiger partial charge in [-0.25, -0.2) is 13.6 Å². The molecule has 3 heterocycles. The van der Waals surface area contributed by atoms with Gasteiger partial charge in [-0.1, -0.05) is 0 Å². The summed E-state index contributed by atoms with van der Waals surface area (Å²) in [7, 11) is 0. The van der Waals surface area contributed by atoms with E-state index in [2.05, 4.69) is 4.98 Å². The summed E-state index contributed by atoms with van der Waals surface area (Å²) in [6, 6.07) is 8.75. The third kappa shape index (κ3) is 4.30. The first-order valence-corrected chi connectivity index (χ1v) is 9.87. The molecule has 2 aromatic heterocycles. The van der Waals surface area contributed by atoms with Crippen LogP contribution in [0.15, 0.2) is 41.9 Å². The van der Waals surface area contributed by atoms with Gasteiger partial charge in [0.1, 0.15) is 18.5 Å². The maximum atomic E-state index is 13.0. The monoisotopic (exact) mass is 420 g/mol. The largest absolute Gasteiger partial charge is 0.490 e. The van der Waals surface area contributed by atoms with E-state index < -0.39 is 12.5 Å². The Morgan fingerprint density at radius 2 is 2.24 bits per heavy atom. The maximum Gasteiger partial charge on any atom is 0.407 e. The second-order valence-electron chi connectivity index (χ2n) is 6.62. The van der Waals surface area contributed by atoms with Crippen LogP contribution in [0, 0.1) is 0 Å². The molecule has 0 saturated carbocycles. The van der Waals surface area contributed by atoms with Crippen LogP contribution in [0.3, 0.4) is 0 Å². The lowest BCUT2D eigenvalue weighted by Gasteiger charge is -2.30. The van der Waals surface area contributed by atoms with E-state index in [1.54, 1.807) is 23.7 Å². The molecule has 1 aliphatic heterocycles. The number of hydrogen-bond acceptors (Lipinski definition) is 5. The number of halogens is 2. The Labute approximate surface area is 169 Å². The van der Waals surface area contributed by atoms with Gasteiger partial charge in [-0.2, -0.15) is 0 Å². The van der Waals surface area contributed by atoms with Gasteiger partial charge < -0.3 is 19.5 Å². The van der Waals surface area contributed by atoms with E-state index in [1.807, 2.05) is 12.1 Å². The molecule has 152 valence electrons. The average molecular weight is 420 g/mol. The molecule has 1 fully saturated rings. The quantitative estimate of drug-likeness (QED) is 0.650. The molecule has 6 nitrogen and oxygen atoms in total. The summed E-state index contributed by atoms with van der Waals surface area (Å²) in [5, 5.41) is 11.6. The van der Waals surface area contributed by atoms with Crippen LogP contribution in [0.25, 0.3) is 22.0 Å². The molecule has 0 spiro atoms. The van der Waals surface area contributed by atoms with E-state index in [0.29, 0.717) is 30.0 Å². The molecule has 1 saturated heterocycles. The van der Waals surface area contributed by atoms with Gasteiger partial charge in [0.05, 0.1) is 23.5 Å². The fourth-order valence-corrected chi connectivity index (χ4v) is 4.00. The highest BCUT2D eigenvalue weighted by Gasteiger charge is 2.24. The molecule has 9 heteroatoms. The summed E-state index contributed by atoms with van der Waals surface area (Å²) in [6.07, 6.45) is -2.23. The molecule has 0 unspecified atom stereocenters. The molecule has 1 aliphatic rings. The zero-order valence-corrected chi connectivity index (χ0v) is 16.1. The number of hydrogen-bond donors (Lipinski definition) is 1. The number of aromatic nitrogens is 1. The van der Waals surface area contributed by atoms with Crippen LogP contribution in [-0.2, 0) is 4.74 Å². The summed E-state index contributed by atoms with van der Waals surface area (Å²) >= 11 is 1.01. The Kier molecular flexibility index (Phi) is 5.59. The van der Waals surface area contributed by atoms with Crippen molar-refractivity contribution in [2.24, 2.45) is 0 Å². The number of thiophene rings is 1. The number of pyridine rings is 1. The fraction of sp³-hybridized carbons (Fsp3) is 0.300. The van der Waals surface area contributed by atoms with Crippen molar-refractivity contribution >= 4 is 28.3 Å². The Hall–Kier alpha value is -2.78. The second kappa shape index (κ2) is 8.30. The number of carbonyl (C=O) groups is 1. The van der Waals surface area contributed by atoms with Crippen LogP contribution < -0.4 is 4.74 Å². The van der Waals surface area contributed by atoms with E-state index in [4.69, 9.17) is 14.6 Å². The topological polar surface area (TPSA) is 71.9 Å². The van der Waals surface area contributed by atoms with Gasteiger partial charge in [0.2, 0.25) is 0 Å². The smallest absolute Gasteiger partial charge is 0.407 e. The predicted molar refractivity (Wildman–Crippen MR) is 105 cm³/mol. The zero-order valence-electron chi connectivity index (χ0n) is 15.3. The van der Waals surface area contributed by atoms with Crippen molar-refractivity contribution in [2.75, 3.05) is 26.3 Å². The molecule has 0 aliphatic carbocycles. The van der Waals surface area contributed by atoms with Crippen molar-refractivity contribution in [2.45, 2.75) is 12.5 Å². The first kappa shape index (κ1) is 19.5. The molecule has 4 rings (SSSR count). The summed E-state index contributed by atoms with van der Waals surface area (Å²) in [4.78, 5) is 16.8. The number of alkyl halides is 2. The summed E-state index contributed by atoms with van der Waals surface area (Å²) in [5.74, 6) is 0.548. The van der Waals surface area contributed by atoms with E-state index in [-0.39, 0.29) is 24.1 Å². The first-order chi connectivity index (χ1) is 14.0. The summed E-state index contributed by atoms with van der Waals surface area (Å²) in [5.41, 5.74) is 2.08. The average Bonchev–Trinajstić information content (AvgIpc) is 3.23. The van der Waals surface area contributed by atoms with Gasteiger partial charge in [0.15, 0.2) is 0 Å². The Morgan fingerprint density at radius 3 is 3.00 bits per heavy atom. The Morgan fingerprint density at radius 1 is 1.38 bits per heavy atom. The standard InChI is InChI=1S/C20H18F2N2O4S/c21-19(22)18-8-13(11-29-18)12-6-16-15(2-1-3-23-16)17(7-12)28-10-14-9-24(20(25)26)4-5-27-14/h1-3,6-8,11,14,19H,4-5,9-10H2,(H,25,26)/t14-/m0/s1. The van der Waals surface area contributed by atoms with E-state index in [9.17, 15) is 13.6 Å². The fourth-order valence-electron chi connectivity index (χ4n) is 3.23. The predicted octanol–water partition coefficient (Wildman–Crippen LogP) is 4.66. The molecule has 1 atom stereocenters. The van der Waals surface area contributed by atoms with Crippen molar-refractivity contribution in [3.63, 3.8) is 0 Å². The third-order valence-electron chi connectivity index (χ3n) is 4.68. The molecule has 0 bridgehead atoms. The third-order valence-corrected chi connectivity index (χ3v) is 5.62. The normalized spacial score (nSPS) is 17.1. The van der Waals surface area contributed by atoms with Crippen LogP contribution in [-0.4, -0.2) is 53.5 Å². The minimum atomic E-state index is -2.51. The van der Waals surface area contributed by atoms with E-state index in [0.717, 1.165) is 22.3 Å². The zero-order chi connectivity index (χ0) is 20.4. The van der Waals surface area contributed by atoms with Crippen molar-refractivity contribution in [1.82, 2.24) is 9.88 Å². The lowest BCUT2D eigenvalue weighted by atomic mass is 10.0. The van der Waals surface area contributed by atoms with E-state index in [1.165, 1.54) is 11.0 Å². The first-order valence-electron chi connectivity index (χ1n) is 8.99. The van der Waals surface area contributed by atoms with Crippen LogP contribution in [0.2, 0.25) is 0 Å². The number of rotatable bonds is 5. The number of benzene rings is 1. The van der Waals surface area contributed by atoms with Gasteiger partial charge in [-0.05, 0) is 46.8 Å². The highest BCUT2D eigenvalue weighted by atomic mass is 32.1. The van der Waals surface area contributed by atoms with Gasteiger partial charge in [-0.3, -0.25) is 4.98 Å². The molecule has 1 aromatic carbocycles. The van der Waals surface area contributed by atoms with Crippen molar-refractivity contribution in [3.8, 4) is 16.9 Å². The Bertz CT molecular complexity index is 1030. The van der Waals surface area contributed by atoms with Crippen LogP contribution >= 0.6 is 11.3 Å². The number of nitrogens with zero attached hydrogens (tertiary/aromatic N) is 2. The van der Waals surface area contributed by atoms with E-state index >= 15 is 0 Å². The molecule has 1 N–H and O–H groups in total.